The van der Waals surface area contributed by atoms with Crippen molar-refractivity contribution in [2.24, 2.45) is 0 Å². The fourth-order valence-electron chi connectivity index (χ4n) is 2.37. The van der Waals surface area contributed by atoms with Gasteiger partial charge in [-0.05, 0) is 49.7 Å². The third-order valence-corrected chi connectivity index (χ3v) is 3.47. The maximum atomic E-state index is 4.22. The van der Waals surface area contributed by atoms with Crippen LogP contribution in [0.4, 0.5) is 0 Å². The first-order chi connectivity index (χ1) is 9.27. The minimum Gasteiger partial charge on any atom is -0.314 e. The maximum Gasteiger partial charge on any atom is 0.0549 e. The molecule has 0 N–H and O–H groups in total. The van der Waals surface area contributed by atoms with Crippen LogP contribution >= 0.6 is 0 Å². The molecule has 0 aliphatic carbocycles. The van der Waals surface area contributed by atoms with Crippen LogP contribution in [0.1, 0.15) is 11.3 Å². The van der Waals surface area contributed by atoms with Crippen LogP contribution in [0, 0.1) is 13.8 Å². The molecule has 3 aromatic rings. The molecule has 0 spiro atoms. The largest absolute Gasteiger partial charge is 0.314 e. The van der Waals surface area contributed by atoms with Crippen LogP contribution in [0.2, 0.25) is 0 Å². The third kappa shape index (κ3) is 2.06. The van der Waals surface area contributed by atoms with Gasteiger partial charge in [0.05, 0.1) is 5.69 Å². The molecule has 94 valence electrons. The molecule has 1 aromatic carbocycles. The number of nitrogens with zero attached hydrogens (tertiary/aromatic N) is 2. The number of aromatic nitrogens is 2. The van der Waals surface area contributed by atoms with E-state index in [0.717, 1.165) is 5.56 Å². The monoisotopic (exact) mass is 248 g/mol. The van der Waals surface area contributed by atoms with Crippen molar-refractivity contribution in [2.75, 3.05) is 0 Å². The molecule has 0 aliphatic rings. The summed E-state index contributed by atoms with van der Waals surface area (Å²) >= 11 is 0. The second kappa shape index (κ2) is 4.73. The molecular weight excluding hydrogens is 232 g/mol. The highest BCUT2D eigenvalue weighted by Gasteiger charge is 2.12. The van der Waals surface area contributed by atoms with Crippen molar-refractivity contribution < 1.29 is 0 Å². The van der Waals surface area contributed by atoms with E-state index in [0.29, 0.717) is 0 Å². The lowest BCUT2D eigenvalue weighted by Gasteiger charge is -2.11. The Morgan fingerprint density at radius 3 is 2.42 bits per heavy atom. The summed E-state index contributed by atoms with van der Waals surface area (Å²) in [6.45, 7) is 4.30. The van der Waals surface area contributed by atoms with E-state index in [-0.39, 0.29) is 0 Å². The summed E-state index contributed by atoms with van der Waals surface area (Å²) in [4.78, 5) is 4.22. The van der Waals surface area contributed by atoms with E-state index in [1.54, 1.807) is 6.20 Å². The van der Waals surface area contributed by atoms with Gasteiger partial charge in [-0.2, -0.15) is 0 Å². The highest BCUT2D eigenvalue weighted by molar-refractivity contribution is 5.64. The summed E-state index contributed by atoms with van der Waals surface area (Å²) in [5.74, 6) is 0. The smallest absolute Gasteiger partial charge is 0.0549 e. The van der Waals surface area contributed by atoms with Crippen LogP contribution in [0.25, 0.3) is 16.9 Å². The fourth-order valence-corrected chi connectivity index (χ4v) is 2.37. The van der Waals surface area contributed by atoms with Crippen LogP contribution < -0.4 is 0 Å². The molecule has 0 unspecified atom stereocenters. The molecule has 0 radical (unpaired) electrons. The van der Waals surface area contributed by atoms with Gasteiger partial charge in [-0.15, -0.1) is 0 Å². The SMILES string of the molecule is Cc1cc(-c2cccnc2)n(-c2ccccc2)c1C. The highest BCUT2D eigenvalue weighted by atomic mass is 15.0. The zero-order valence-corrected chi connectivity index (χ0v) is 11.2. The standard InChI is InChI=1S/C17H16N2/c1-13-11-17(15-7-6-10-18-12-15)19(14(13)2)16-8-4-3-5-9-16/h3-12H,1-2H3. The molecule has 3 rings (SSSR count). The molecule has 0 atom stereocenters. The van der Waals surface area contributed by atoms with Gasteiger partial charge in [0.1, 0.15) is 0 Å². The minimum atomic E-state index is 1.14. The lowest BCUT2D eigenvalue weighted by Crippen LogP contribution is -1.99. The molecule has 2 heteroatoms. The second-order valence-corrected chi connectivity index (χ2v) is 4.71. The van der Waals surface area contributed by atoms with Crippen LogP contribution in [0.3, 0.4) is 0 Å². The van der Waals surface area contributed by atoms with Crippen molar-refractivity contribution in [3.63, 3.8) is 0 Å². The van der Waals surface area contributed by atoms with E-state index < -0.39 is 0 Å². The van der Waals surface area contributed by atoms with Gasteiger partial charge in [0, 0.05) is 29.3 Å². The van der Waals surface area contributed by atoms with Gasteiger partial charge in [0.25, 0.3) is 0 Å². The first-order valence-electron chi connectivity index (χ1n) is 6.42. The Morgan fingerprint density at radius 1 is 0.947 bits per heavy atom. The highest BCUT2D eigenvalue weighted by Crippen LogP contribution is 2.28. The summed E-state index contributed by atoms with van der Waals surface area (Å²) < 4.78 is 2.28. The van der Waals surface area contributed by atoms with E-state index >= 15 is 0 Å². The van der Waals surface area contributed by atoms with Crippen LogP contribution in [-0.2, 0) is 0 Å². The Labute approximate surface area is 113 Å². The third-order valence-electron chi connectivity index (χ3n) is 3.47. The van der Waals surface area contributed by atoms with Gasteiger partial charge < -0.3 is 4.57 Å². The van der Waals surface area contributed by atoms with E-state index in [4.69, 9.17) is 0 Å². The van der Waals surface area contributed by atoms with Gasteiger partial charge in [0.2, 0.25) is 0 Å². The molecular formula is C17H16N2. The average Bonchev–Trinajstić information content (AvgIpc) is 2.77. The Balaban J connectivity index is 2.25. The molecule has 2 heterocycles. The summed E-state index contributed by atoms with van der Waals surface area (Å²) in [6.07, 6.45) is 3.71. The van der Waals surface area contributed by atoms with E-state index in [9.17, 15) is 0 Å². The summed E-state index contributed by atoms with van der Waals surface area (Å²) in [5.41, 5.74) is 6.08. The molecule has 0 fully saturated rings. The second-order valence-electron chi connectivity index (χ2n) is 4.71. The Bertz CT molecular complexity index is 682. The van der Waals surface area contributed by atoms with Crippen molar-refractivity contribution >= 4 is 0 Å². The van der Waals surface area contributed by atoms with Gasteiger partial charge in [-0.1, -0.05) is 18.2 Å². The molecule has 0 bridgehead atoms. The van der Waals surface area contributed by atoms with Gasteiger partial charge >= 0.3 is 0 Å². The van der Waals surface area contributed by atoms with Crippen molar-refractivity contribution in [1.82, 2.24) is 9.55 Å². The number of pyridine rings is 1. The fraction of sp³-hybridized carbons (Fsp3) is 0.118. The number of hydrogen-bond acceptors (Lipinski definition) is 1. The molecule has 2 nitrogen and oxygen atoms in total. The number of aryl methyl sites for hydroxylation is 1. The van der Waals surface area contributed by atoms with Gasteiger partial charge in [-0.25, -0.2) is 0 Å². The lowest BCUT2D eigenvalue weighted by atomic mass is 10.2. The Kier molecular flexibility index (Phi) is 2.92. The number of rotatable bonds is 2. The predicted molar refractivity (Wildman–Crippen MR) is 78.5 cm³/mol. The average molecular weight is 248 g/mol. The molecule has 0 saturated heterocycles. The maximum absolute atomic E-state index is 4.22. The molecule has 0 aliphatic heterocycles. The first-order valence-corrected chi connectivity index (χ1v) is 6.42. The van der Waals surface area contributed by atoms with Crippen LogP contribution in [0.15, 0.2) is 60.9 Å². The van der Waals surface area contributed by atoms with Crippen LogP contribution in [-0.4, -0.2) is 9.55 Å². The Hall–Kier alpha value is -2.35. The van der Waals surface area contributed by atoms with E-state index in [1.807, 2.05) is 18.3 Å². The molecule has 19 heavy (non-hydrogen) atoms. The zero-order chi connectivity index (χ0) is 13.2. The topological polar surface area (TPSA) is 17.8 Å². The summed E-state index contributed by atoms with van der Waals surface area (Å²) in [6, 6.07) is 16.7. The van der Waals surface area contributed by atoms with Crippen molar-refractivity contribution in [2.45, 2.75) is 13.8 Å². The predicted octanol–water partition coefficient (Wildman–Crippen LogP) is 4.16. The minimum absolute atomic E-state index is 1.14. The molecule has 2 aromatic heterocycles. The normalized spacial score (nSPS) is 10.6. The quantitative estimate of drug-likeness (QED) is 0.666. The van der Waals surface area contributed by atoms with Crippen molar-refractivity contribution in [3.8, 4) is 16.9 Å². The zero-order valence-electron chi connectivity index (χ0n) is 11.2. The molecule has 0 saturated carbocycles. The summed E-state index contributed by atoms with van der Waals surface area (Å²) in [7, 11) is 0. The van der Waals surface area contributed by atoms with Gasteiger partial charge in [-0.3, -0.25) is 4.98 Å². The summed E-state index contributed by atoms with van der Waals surface area (Å²) in [5, 5.41) is 0. The lowest BCUT2D eigenvalue weighted by molar-refractivity contribution is 1.01. The van der Waals surface area contributed by atoms with Crippen molar-refractivity contribution in [1.29, 1.82) is 0 Å². The first kappa shape index (κ1) is 11.7. The van der Waals surface area contributed by atoms with E-state index in [2.05, 4.69) is 59.8 Å². The number of hydrogen-bond donors (Lipinski definition) is 0. The molecule has 0 amide bonds. The Morgan fingerprint density at radius 2 is 1.74 bits per heavy atom. The number of para-hydroxylation sites is 1. The van der Waals surface area contributed by atoms with Gasteiger partial charge in [0.15, 0.2) is 0 Å². The number of benzene rings is 1. The van der Waals surface area contributed by atoms with E-state index in [1.165, 1.54) is 22.6 Å². The van der Waals surface area contributed by atoms with Crippen LogP contribution in [0.5, 0.6) is 0 Å². The van der Waals surface area contributed by atoms with Crippen molar-refractivity contribution in [3.05, 3.63) is 72.2 Å².